The van der Waals surface area contributed by atoms with E-state index in [2.05, 4.69) is 9.88 Å². The Hall–Kier alpha value is -3.15. The van der Waals surface area contributed by atoms with Gasteiger partial charge in [-0.05, 0) is 42.5 Å². The Balaban J connectivity index is 1.67. The van der Waals surface area contributed by atoms with E-state index in [9.17, 15) is 28.7 Å². The number of rotatable bonds is 6. The Kier molecular flexibility index (Phi) is 5.59. The predicted molar refractivity (Wildman–Crippen MR) is 114 cm³/mol. The Morgan fingerprint density at radius 3 is 2.73 bits per heavy atom. The second-order valence-corrected chi connectivity index (χ2v) is 9.91. The van der Waals surface area contributed by atoms with Gasteiger partial charge in [0.25, 0.3) is 15.9 Å². The molecule has 0 amide bonds. The Morgan fingerprint density at radius 2 is 2.09 bits per heavy atom. The molecule has 0 spiro atoms. The minimum atomic E-state index is -4.25. The minimum absolute atomic E-state index is 0.0137. The van der Waals surface area contributed by atoms with Crippen molar-refractivity contribution in [3.8, 4) is 17.6 Å². The van der Waals surface area contributed by atoms with E-state index in [1.165, 1.54) is 24.4 Å². The van der Waals surface area contributed by atoms with E-state index in [0.29, 0.717) is 5.56 Å². The largest absolute Gasteiger partial charge is 0.505 e. The summed E-state index contributed by atoms with van der Waals surface area (Å²) < 4.78 is 42.5. The van der Waals surface area contributed by atoms with E-state index in [1.807, 2.05) is 6.07 Å². The van der Waals surface area contributed by atoms with Crippen molar-refractivity contribution in [1.82, 2.24) is 5.16 Å². The summed E-state index contributed by atoms with van der Waals surface area (Å²) in [5.74, 6) is -1.18. The van der Waals surface area contributed by atoms with Crippen molar-refractivity contribution in [2.45, 2.75) is 31.3 Å². The molecule has 0 radical (unpaired) electrons. The van der Waals surface area contributed by atoms with Gasteiger partial charge >= 0.3 is 6.16 Å². The molecule has 11 nitrogen and oxygen atoms in total. The fourth-order valence-corrected chi connectivity index (χ4v) is 5.74. The van der Waals surface area contributed by atoms with Crippen molar-refractivity contribution in [2.75, 3.05) is 4.72 Å². The Labute approximate surface area is 195 Å². The molecule has 0 aliphatic carbocycles. The zero-order valence-electron chi connectivity index (χ0n) is 16.9. The fraction of sp³-hybridized carbons (Fsp3) is 0.211. The number of nitriles is 1. The third kappa shape index (κ3) is 4.14. The number of nitrogens with zero attached hydrogens (tertiary/aromatic N) is 2. The van der Waals surface area contributed by atoms with Gasteiger partial charge in [-0.1, -0.05) is 16.8 Å². The van der Waals surface area contributed by atoms with Crippen molar-refractivity contribution in [3.05, 3.63) is 49.8 Å². The molecular weight excluding hydrogens is 498 g/mol. The lowest BCUT2D eigenvalue weighted by Gasteiger charge is -2.11. The van der Waals surface area contributed by atoms with Crippen LogP contribution in [0.25, 0.3) is 0 Å². The number of hydrogen-bond donors (Lipinski definition) is 3. The number of benzene rings is 1. The summed E-state index contributed by atoms with van der Waals surface area (Å²) in [5.41, 5.74) is 0.809. The number of ketones is 1. The van der Waals surface area contributed by atoms with Gasteiger partial charge in [-0.3, -0.25) is 15.0 Å². The highest BCUT2D eigenvalue weighted by Gasteiger charge is 2.41. The molecule has 2 aromatic heterocycles. The molecule has 4 rings (SSSR count). The van der Waals surface area contributed by atoms with Gasteiger partial charge in [-0.2, -0.15) is 5.26 Å². The number of aliphatic hydroxyl groups is 2. The lowest BCUT2D eigenvalue weighted by Crippen LogP contribution is -2.37. The molecule has 33 heavy (non-hydrogen) atoms. The number of aromatic nitrogens is 1. The summed E-state index contributed by atoms with van der Waals surface area (Å²) in [6.45, 7) is 3.12. The number of thiophene rings is 1. The molecule has 0 unspecified atom stereocenters. The van der Waals surface area contributed by atoms with Gasteiger partial charge in [-0.15, -0.1) is 11.3 Å². The average molecular weight is 512 g/mol. The molecule has 0 saturated heterocycles. The maximum absolute atomic E-state index is 13.1. The fourth-order valence-electron chi connectivity index (χ4n) is 3.18. The van der Waals surface area contributed by atoms with E-state index in [0.717, 1.165) is 11.3 Å². The highest BCUT2D eigenvalue weighted by atomic mass is 35.5. The lowest BCUT2D eigenvalue weighted by molar-refractivity contribution is -0.385. The molecule has 0 bridgehead atoms. The first-order valence-electron chi connectivity index (χ1n) is 9.08. The number of carbonyl (C=O) groups is 1. The monoisotopic (exact) mass is 511 g/mol. The van der Waals surface area contributed by atoms with Crippen LogP contribution in [0.15, 0.2) is 26.9 Å². The average Bonchev–Trinajstić information content (AvgIpc) is 3.42. The van der Waals surface area contributed by atoms with Crippen LogP contribution in [0.4, 0.5) is 5.88 Å². The highest BCUT2D eigenvalue weighted by molar-refractivity contribution is 7.93. The van der Waals surface area contributed by atoms with Crippen LogP contribution in [-0.4, -0.2) is 35.7 Å². The molecule has 3 N–H and O–H groups in total. The van der Waals surface area contributed by atoms with Crippen LogP contribution in [0, 0.1) is 25.2 Å². The Morgan fingerprint density at radius 1 is 1.36 bits per heavy atom. The van der Waals surface area contributed by atoms with Crippen molar-refractivity contribution < 1.29 is 37.4 Å². The van der Waals surface area contributed by atoms with E-state index < -0.39 is 22.0 Å². The van der Waals surface area contributed by atoms with Crippen molar-refractivity contribution in [2.24, 2.45) is 0 Å². The summed E-state index contributed by atoms with van der Waals surface area (Å²) in [6.07, 6.45) is -3.30. The zero-order chi connectivity index (χ0) is 24.1. The minimum Gasteiger partial charge on any atom is -0.403 e. The third-order valence-corrected chi connectivity index (χ3v) is 7.60. The number of ether oxygens (including phenoxy) is 2. The number of hydrogen-bond acceptors (Lipinski definition) is 11. The molecule has 0 saturated carbocycles. The number of halogens is 1. The van der Waals surface area contributed by atoms with E-state index in [-0.39, 0.29) is 55.4 Å². The molecule has 1 aliphatic heterocycles. The van der Waals surface area contributed by atoms with Gasteiger partial charge in [0.15, 0.2) is 17.3 Å². The van der Waals surface area contributed by atoms with Gasteiger partial charge in [-0.25, -0.2) is 13.1 Å². The van der Waals surface area contributed by atoms with E-state index >= 15 is 0 Å². The first-order valence-corrected chi connectivity index (χ1v) is 11.8. The number of fused-ring (bicyclic) bond motifs is 1. The topological polar surface area (TPSA) is 172 Å². The van der Waals surface area contributed by atoms with Gasteiger partial charge in [0.2, 0.25) is 0 Å². The number of anilines is 1. The van der Waals surface area contributed by atoms with Gasteiger partial charge in [0.05, 0.1) is 4.88 Å². The summed E-state index contributed by atoms with van der Waals surface area (Å²) in [4.78, 5) is 12.7. The molecule has 1 aliphatic rings. The van der Waals surface area contributed by atoms with Crippen LogP contribution >= 0.6 is 22.9 Å². The number of carbonyl (C=O) groups excluding carboxylic acids is 1. The number of aryl methyl sites for hydroxylation is 2. The van der Waals surface area contributed by atoms with E-state index in [1.54, 1.807) is 6.92 Å². The van der Waals surface area contributed by atoms with Crippen molar-refractivity contribution >= 4 is 44.6 Å². The summed E-state index contributed by atoms with van der Waals surface area (Å²) >= 11 is 6.87. The lowest BCUT2D eigenvalue weighted by atomic mass is 9.96. The van der Waals surface area contributed by atoms with Crippen LogP contribution in [0.1, 0.15) is 32.1 Å². The molecule has 14 heteroatoms. The summed E-state index contributed by atoms with van der Waals surface area (Å²) in [5, 5.41) is 33.7. The van der Waals surface area contributed by atoms with Gasteiger partial charge in [0, 0.05) is 6.42 Å². The molecule has 0 fully saturated rings. The van der Waals surface area contributed by atoms with Crippen molar-refractivity contribution in [3.63, 3.8) is 0 Å². The first kappa shape index (κ1) is 23.0. The molecule has 3 heterocycles. The normalized spacial score (nSPS) is 14.2. The number of nitrogens with one attached hydrogen (secondary N) is 1. The van der Waals surface area contributed by atoms with E-state index in [4.69, 9.17) is 25.6 Å². The maximum atomic E-state index is 13.1. The summed E-state index contributed by atoms with van der Waals surface area (Å²) in [6, 6.07) is 4.51. The second kappa shape index (κ2) is 8.01. The molecule has 172 valence electrons. The Bertz CT molecular complexity index is 1440. The first-order chi connectivity index (χ1) is 15.4. The van der Waals surface area contributed by atoms with Crippen LogP contribution in [0.5, 0.6) is 11.5 Å². The van der Waals surface area contributed by atoms with Crippen LogP contribution in [0.3, 0.4) is 0 Å². The van der Waals surface area contributed by atoms with Crippen LogP contribution in [-0.2, 0) is 16.4 Å². The summed E-state index contributed by atoms with van der Waals surface area (Å²) in [7, 11) is -4.25. The number of sulfonamides is 1. The standard InChI is InChI=1S/C19H14ClN3O8S2/c1-8-5-13-16(30-19(25,26)29-13)11(7-21)10(8)6-12(24)17-14(3-4-32-17)33(27,28)23-18-15(20)9(2)22-31-18/h3-5,23,25-26H,6H2,1-2H3. The van der Waals surface area contributed by atoms with Gasteiger partial charge < -0.3 is 14.0 Å². The molecule has 3 aromatic rings. The van der Waals surface area contributed by atoms with Crippen LogP contribution < -0.4 is 14.2 Å². The third-order valence-electron chi connectivity index (χ3n) is 4.69. The number of Topliss-reactive ketones (excluding diaryl/α,β-unsaturated/α-hetero) is 1. The van der Waals surface area contributed by atoms with Crippen LogP contribution in [0.2, 0.25) is 5.02 Å². The molecular formula is C19H14ClN3O8S2. The quantitative estimate of drug-likeness (QED) is 0.329. The maximum Gasteiger partial charge on any atom is 0.505 e. The van der Waals surface area contributed by atoms with Crippen molar-refractivity contribution in [1.29, 1.82) is 5.26 Å². The highest BCUT2D eigenvalue weighted by Crippen LogP contribution is 2.43. The molecule has 1 aromatic carbocycles. The second-order valence-electron chi connectivity index (χ2n) is 6.97. The predicted octanol–water partition coefficient (Wildman–Crippen LogP) is 2.47. The SMILES string of the molecule is Cc1cc2c(c(C#N)c1CC(=O)c1sccc1S(=O)(=O)Nc1onc(C)c1Cl)OC(O)(O)O2. The zero-order valence-corrected chi connectivity index (χ0v) is 19.3. The van der Waals surface area contributed by atoms with Gasteiger partial charge in [0.1, 0.15) is 27.2 Å². The smallest absolute Gasteiger partial charge is 0.403 e. The molecule has 0 atom stereocenters.